The van der Waals surface area contributed by atoms with E-state index in [0.29, 0.717) is 12.5 Å². The number of halogens is 1. The number of amides is 1. The Morgan fingerprint density at radius 3 is 2.84 bits per heavy atom. The van der Waals surface area contributed by atoms with Crippen molar-refractivity contribution in [2.24, 2.45) is 11.7 Å². The number of carbonyl (C=O) groups is 1. The van der Waals surface area contributed by atoms with E-state index in [2.05, 4.69) is 5.32 Å². The summed E-state index contributed by atoms with van der Waals surface area (Å²) in [6.45, 7) is 0.313. The van der Waals surface area contributed by atoms with Gasteiger partial charge >= 0.3 is 5.69 Å². The van der Waals surface area contributed by atoms with Crippen molar-refractivity contribution in [2.45, 2.75) is 18.9 Å². The quantitative estimate of drug-likeness (QED) is 0.635. The highest BCUT2D eigenvalue weighted by Gasteiger charge is 2.29. The van der Waals surface area contributed by atoms with Gasteiger partial charge in [0.2, 0.25) is 0 Å². The number of carbonyl (C=O) groups excluding carboxylic acids is 1. The zero-order valence-corrected chi connectivity index (χ0v) is 10.9. The molecule has 19 heavy (non-hydrogen) atoms. The summed E-state index contributed by atoms with van der Waals surface area (Å²) in [5, 5.41) is 13.5. The van der Waals surface area contributed by atoms with Gasteiger partial charge in [-0.05, 0) is 30.9 Å². The van der Waals surface area contributed by atoms with Crippen LogP contribution < -0.4 is 11.1 Å². The van der Waals surface area contributed by atoms with Gasteiger partial charge in [-0.15, -0.1) is 0 Å². The highest BCUT2D eigenvalue weighted by Crippen LogP contribution is 2.31. The van der Waals surface area contributed by atoms with Crippen LogP contribution in [0.1, 0.15) is 23.2 Å². The van der Waals surface area contributed by atoms with Gasteiger partial charge < -0.3 is 11.1 Å². The molecule has 0 aliphatic heterocycles. The molecular formula is C12H14ClN3O3. The predicted octanol–water partition coefficient (Wildman–Crippen LogP) is 1.72. The lowest BCUT2D eigenvalue weighted by atomic mass is 10.1. The van der Waals surface area contributed by atoms with E-state index in [9.17, 15) is 14.9 Å². The van der Waals surface area contributed by atoms with Gasteiger partial charge in [0.05, 0.1) is 4.92 Å². The number of hydrogen-bond acceptors (Lipinski definition) is 4. The Morgan fingerprint density at radius 1 is 1.58 bits per heavy atom. The van der Waals surface area contributed by atoms with Gasteiger partial charge in [0.1, 0.15) is 10.6 Å². The summed E-state index contributed by atoms with van der Waals surface area (Å²) in [5.74, 6) is -0.0695. The Kier molecular flexibility index (Phi) is 4.01. The highest BCUT2D eigenvalue weighted by molar-refractivity contribution is 6.33. The third-order valence-electron chi connectivity index (χ3n) is 3.14. The smallest absolute Gasteiger partial charge is 0.300 e. The van der Waals surface area contributed by atoms with E-state index in [1.165, 1.54) is 18.2 Å². The lowest BCUT2D eigenvalue weighted by molar-refractivity contribution is -0.385. The van der Waals surface area contributed by atoms with Crippen molar-refractivity contribution in [3.8, 4) is 0 Å². The molecule has 1 aromatic rings. The third-order valence-corrected chi connectivity index (χ3v) is 3.44. The van der Waals surface area contributed by atoms with Gasteiger partial charge in [-0.3, -0.25) is 14.9 Å². The largest absolute Gasteiger partial charge is 0.350 e. The normalized spacial score (nSPS) is 15.9. The van der Waals surface area contributed by atoms with Gasteiger partial charge in [0, 0.05) is 12.6 Å². The molecule has 0 heterocycles. The first kappa shape index (κ1) is 13.8. The molecule has 1 saturated carbocycles. The molecule has 7 heteroatoms. The maximum absolute atomic E-state index is 11.9. The van der Waals surface area contributed by atoms with Crippen LogP contribution in [0.15, 0.2) is 18.2 Å². The number of nitrogens with two attached hydrogens (primary N) is 1. The molecule has 102 valence electrons. The van der Waals surface area contributed by atoms with Gasteiger partial charge in [-0.2, -0.15) is 0 Å². The SMILES string of the molecule is NC(CNC(=O)c1cccc(Cl)c1[N+](=O)[O-])C1CC1. The Labute approximate surface area is 115 Å². The molecular weight excluding hydrogens is 270 g/mol. The van der Waals surface area contributed by atoms with Gasteiger partial charge in [-0.25, -0.2) is 0 Å². The fraction of sp³-hybridized carbons (Fsp3) is 0.417. The minimum Gasteiger partial charge on any atom is -0.350 e. The summed E-state index contributed by atoms with van der Waals surface area (Å²) in [5.41, 5.74) is 5.44. The van der Waals surface area contributed by atoms with Crippen LogP contribution >= 0.6 is 11.6 Å². The summed E-state index contributed by atoms with van der Waals surface area (Å²) in [7, 11) is 0. The molecule has 0 radical (unpaired) electrons. The van der Waals surface area contributed by atoms with E-state index in [1.807, 2.05) is 0 Å². The first-order chi connectivity index (χ1) is 9.00. The van der Waals surface area contributed by atoms with Crippen LogP contribution in [0.2, 0.25) is 5.02 Å². The maximum Gasteiger partial charge on any atom is 0.300 e. The fourth-order valence-corrected chi connectivity index (χ4v) is 2.12. The zero-order chi connectivity index (χ0) is 14.0. The molecule has 0 saturated heterocycles. The minimum absolute atomic E-state index is 0.0412. The summed E-state index contributed by atoms with van der Waals surface area (Å²) >= 11 is 5.75. The number of benzene rings is 1. The lowest BCUT2D eigenvalue weighted by Gasteiger charge is -2.11. The van der Waals surface area contributed by atoms with Gasteiger partial charge in [-0.1, -0.05) is 17.7 Å². The zero-order valence-electron chi connectivity index (χ0n) is 10.1. The Morgan fingerprint density at radius 2 is 2.26 bits per heavy atom. The van der Waals surface area contributed by atoms with E-state index in [4.69, 9.17) is 17.3 Å². The predicted molar refractivity (Wildman–Crippen MR) is 71.1 cm³/mol. The summed E-state index contributed by atoms with van der Waals surface area (Å²) in [6.07, 6.45) is 2.16. The number of nitrogens with zero attached hydrogens (tertiary/aromatic N) is 1. The van der Waals surface area contributed by atoms with Crippen LogP contribution in [-0.4, -0.2) is 23.4 Å². The van der Waals surface area contributed by atoms with Crippen LogP contribution in [0.5, 0.6) is 0 Å². The number of nitrogens with one attached hydrogen (secondary N) is 1. The Balaban J connectivity index is 2.09. The molecule has 1 fully saturated rings. The standard InChI is InChI=1S/C12H14ClN3O3/c13-9-3-1-2-8(11(9)16(18)19)12(17)15-6-10(14)7-4-5-7/h1-3,7,10H,4-6,14H2,(H,15,17). The molecule has 2 rings (SSSR count). The maximum atomic E-state index is 11.9. The monoisotopic (exact) mass is 283 g/mol. The van der Waals surface area contributed by atoms with Crippen molar-refractivity contribution in [1.29, 1.82) is 0 Å². The molecule has 0 spiro atoms. The van der Waals surface area contributed by atoms with Crippen LogP contribution in [0.25, 0.3) is 0 Å². The van der Waals surface area contributed by atoms with Crippen molar-refractivity contribution >= 4 is 23.2 Å². The molecule has 0 aromatic heterocycles. The second-order valence-electron chi connectivity index (χ2n) is 4.60. The molecule has 0 bridgehead atoms. The van der Waals surface area contributed by atoms with Crippen molar-refractivity contribution in [3.63, 3.8) is 0 Å². The number of hydrogen-bond donors (Lipinski definition) is 2. The number of nitro benzene ring substituents is 1. The van der Waals surface area contributed by atoms with Crippen LogP contribution in [0.4, 0.5) is 5.69 Å². The van der Waals surface area contributed by atoms with Gasteiger partial charge in [0.25, 0.3) is 5.91 Å². The van der Waals surface area contributed by atoms with Crippen molar-refractivity contribution in [2.75, 3.05) is 6.54 Å². The van der Waals surface area contributed by atoms with Crippen LogP contribution in [0.3, 0.4) is 0 Å². The molecule has 1 aromatic carbocycles. The Hall–Kier alpha value is -1.66. The molecule has 1 amide bonds. The number of nitro groups is 1. The highest BCUT2D eigenvalue weighted by atomic mass is 35.5. The van der Waals surface area contributed by atoms with Crippen LogP contribution in [0, 0.1) is 16.0 Å². The fourth-order valence-electron chi connectivity index (χ4n) is 1.88. The second kappa shape index (κ2) is 5.54. The van der Waals surface area contributed by atoms with E-state index >= 15 is 0 Å². The molecule has 1 unspecified atom stereocenters. The topological polar surface area (TPSA) is 98.3 Å². The first-order valence-corrected chi connectivity index (χ1v) is 6.35. The molecule has 1 aliphatic rings. The second-order valence-corrected chi connectivity index (χ2v) is 5.01. The van der Waals surface area contributed by atoms with Crippen molar-refractivity contribution in [3.05, 3.63) is 38.9 Å². The van der Waals surface area contributed by atoms with E-state index in [1.54, 1.807) is 0 Å². The lowest BCUT2D eigenvalue weighted by Crippen LogP contribution is -2.38. The summed E-state index contributed by atoms with van der Waals surface area (Å²) in [6, 6.07) is 4.17. The van der Waals surface area contributed by atoms with Crippen molar-refractivity contribution in [1.82, 2.24) is 5.32 Å². The minimum atomic E-state index is -0.655. The average Bonchev–Trinajstić information content (AvgIpc) is 3.18. The van der Waals surface area contributed by atoms with E-state index < -0.39 is 10.8 Å². The van der Waals surface area contributed by atoms with Gasteiger partial charge in [0.15, 0.2) is 0 Å². The summed E-state index contributed by atoms with van der Waals surface area (Å²) < 4.78 is 0. The average molecular weight is 284 g/mol. The Bertz CT molecular complexity index is 517. The van der Waals surface area contributed by atoms with E-state index in [-0.39, 0.29) is 22.3 Å². The van der Waals surface area contributed by atoms with Crippen molar-refractivity contribution < 1.29 is 9.72 Å². The third kappa shape index (κ3) is 3.21. The molecule has 6 nitrogen and oxygen atoms in total. The van der Waals surface area contributed by atoms with E-state index in [0.717, 1.165) is 12.8 Å². The summed E-state index contributed by atoms with van der Waals surface area (Å²) in [4.78, 5) is 22.2. The number of rotatable bonds is 5. The van der Waals surface area contributed by atoms with Crippen LogP contribution in [-0.2, 0) is 0 Å². The molecule has 1 aliphatic carbocycles. The number of para-hydroxylation sites is 1. The molecule has 3 N–H and O–H groups in total. The molecule has 1 atom stereocenters. The first-order valence-electron chi connectivity index (χ1n) is 5.97.